The average molecular weight is 199 g/mol. The van der Waals surface area contributed by atoms with E-state index in [0.29, 0.717) is 0 Å². The van der Waals surface area contributed by atoms with E-state index in [2.05, 4.69) is 34.4 Å². The molecule has 0 aliphatic rings. The van der Waals surface area contributed by atoms with Crippen molar-refractivity contribution in [2.75, 3.05) is 0 Å². The monoisotopic (exact) mass is 199 g/mol. The molecule has 3 rings (SSSR count). The molecule has 0 atom stereocenters. The van der Waals surface area contributed by atoms with Crippen molar-refractivity contribution in [1.29, 1.82) is 0 Å². The maximum atomic E-state index is 4.14. The van der Waals surface area contributed by atoms with Gasteiger partial charge >= 0.3 is 0 Å². The van der Waals surface area contributed by atoms with E-state index < -0.39 is 0 Å². The van der Waals surface area contributed by atoms with Crippen molar-refractivity contribution in [2.45, 2.75) is 0 Å². The van der Waals surface area contributed by atoms with Crippen molar-refractivity contribution in [1.82, 2.24) is 9.97 Å². The van der Waals surface area contributed by atoms with Gasteiger partial charge in [0.2, 0.25) is 0 Å². The average Bonchev–Trinajstić information content (AvgIpc) is 2.86. The molecule has 0 spiro atoms. The topological polar surface area (TPSA) is 28.7 Å². The molecule has 1 radical (unpaired) electrons. The van der Waals surface area contributed by atoms with Gasteiger partial charge in [0.05, 0.1) is 5.69 Å². The van der Waals surface area contributed by atoms with Gasteiger partial charge in [0, 0.05) is 16.3 Å². The summed E-state index contributed by atoms with van der Waals surface area (Å²) >= 11 is 1.59. The minimum atomic E-state index is 0.987. The Morgan fingerprint density at radius 1 is 1.29 bits per heavy atom. The summed E-state index contributed by atoms with van der Waals surface area (Å²) < 4.78 is 0. The predicted molar refractivity (Wildman–Crippen MR) is 58.2 cm³/mol. The quantitative estimate of drug-likeness (QED) is 0.641. The first-order valence-corrected chi connectivity index (χ1v) is 5.21. The Bertz CT molecular complexity index is 518. The summed E-state index contributed by atoms with van der Waals surface area (Å²) in [4.78, 5) is 7.47. The number of hydrogen-bond acceptors (Lipinski definition) is 2. The highest BCUT2D eigenvalue weighted by Gasteiger charge is 2.03. The number of para-hydroxylation sites is 1. The zero-order valence-corrected chi connectivity index (χ0v) is 8.14. The maximum absolute atomic E-state index is 4.14. The number of nitrogens with one attached hydrogen (secondary N) is 1. The van der Waals surface area contributed by atoms with Crippen LogP contribution in [-0.2, 0) is 0 Å². The minimum Gasteiger partial charge on any atom is -0.353 e. The first-order chi connectivity index (χ1) is 6.93. The number of benzene rings is 1. The molecule has 1 aromatic carbocycles. The molecule has 3 heteroatoms. The third-order valence-corrected chi connectivity index (χ3v) is 2.91. The largest absolute Gasteiger partial charge is 0.353 e. The summed E-state index contributed by atoms with van der Waals surface area (Å²) in [5, 5.41) is 4.07. The van der Waals surface area contributed by atoms with Crippen molar-refractivity contribution in [3.63, 3.8) is 0 Å². The molecule has 0 aliphatic carbocycles. The van der Waals surface area contributed by atoms with Gasteiger partial charge in [-0.05, 0) is 12.1 Å². The number of fused-ring (bicyclic) bond motifs is 1. The van der Waals surface area contributed by atoms with Crippen LogP contribution in [0.2, 0.25) is 0 Å². The Balaban J connectivity index is 2.24. The van der Waals surface area contributed by atoms with Gasteiger partial charge in [-0.25, -0.2) is 4.98 Å². The molecule has 2 heterocycles. The fraction of sp³-hybridized carbons (Fsp3) is 0. The first kappa shape index (κ1) is 7.76. The molecule has 2 aromatic heterocycles. The van der Waals surface area contributed by atoms with Crippen LogP contribution in [0.25, 0.3) is 21.6 Å². The molecule has 3 aromatic rings. The van der Waals surface area contributed by atoms with E-state index in [4.69, 9.17) is 0 Å². The highest BCUT2D eigenvalue weighted by molar-refractivity contribution is 7.13. The normalized spacial score (nSPS) is 10.9. The maximum Gasteiger partial charge on any atom is 0.140 e. The Morgan fingerprint density at radius 3 is 3.00 bits per heavy atom. The van der Waals surface area contributed by atoms with Gasteiger partial charge in [0.25, 0.3) is 0 Å². The summed E-state index contributed by atoms with van der Waals surface area (Å²) in [6, 6.07) is 10.3. The van der Waals surface area contributed by atoms with Gasteiger partial charge in [0.1, 0.15) is 11.2 Å². The molecule has 0 unspecified atom stereocenters. The molecule has 67 valence electrons. The van der Waals surface area contributed by atoms with Gasteiger partial charge in [-0.2, -0.15) is 0 Å². The van der Waals surface area contributed by atoms with Gasteiger partial charge in [-0.3, -0.25) is 0 Å². The second-order valence-corrected chi connectivity index (χ2v) is 3.91. The van der Waals surface area contributed by atoms with E-state index in [-0.39, 0.29) is 0 Å². The lowest BCUT2D eigenvalue weighted by atomic mass is 10.2. The lowest BCUT2D eigenvalue weighted by molar-refractivity contribution is 1.35. The molecule has 1 N–H and O–H groups in total. The van der Waals surface area contributed by atoms with Crippen LogP contribution < -0.4 is 0 Å². The molecule has 0 bridgehead atoms. The smallest absolute Gasteiger partial charge is 0.140 e. The molecular formula is C11H7N2S. The summed E-state index contributed by atoms with van der Waals surface area (Å²) in [7, 11) is 0. The van der Waals surface area contributed by atoms with Gasteiger partial charge in [-0.15, -0.1) is 11.3 Å². The SMILES string of the molecule is [c]1csc(-c2cc3ccccc3[nH]2)n1. The number of hydrogen-bond donors (Lipinski definition) is 1. The fourth-order valence-electron chi connectivity index (χ4n) is 1.51. The Hall–Kier alpha value is -1.61. The summed E-state index contributed by atoms with van der Waals surface area (Å²) in [6.45, 7) is 0. The first-order valence-electron chi connectivity index (χ1n) is 4.33. The predicted octanol–water partition coefficient (Wildman–Crippen LogP) is 3.09. The number of nitrogens with zero attached hydrogens (tertiary/aromatic N) is 1. The van der Waals surface area contributed by atoms with Gasteiger partial charge in [0.15, 0.2) is 0 Å². The fourth-order valence-corrected chi connectivity index (χ4v) is 2.07. The van der Waals surface area contributed by atoms with Crippen LogP contribution in [0, 0.1) is 6.20 Å². The van der Waals surface area contributed by atoms with E-state index in [1.54, 1.807) is 11.3 Å². The van der Waals surface area contributed by atoms with E-state index in [0.717, 1.165) is 16.2 Å². The Labute approximate surface area is 85.2 Å². The van der Waals surface area contributed by atoms with Crippen LogP contribution in [0.1, 0.15) is 0 Å². The highest BCUT2D eigenvalue weighted by atomic mass is 32.1. The molecule has 0 fully saturated rings. The number of thiazole rings is 1. The van der Waals surface area contributed by atoms with Gasteiger partial charge < -0.3 is 4.98 Å². The summed E-state index contributed by atoms with van der Waals surface area (Å²) in [5.74, 6) is 0. The van der Waals surface area contributed by atoms with Crippen molar-refractivity contribution in [3.05, 3.63) is 41.9 Å². The lowest BCUT2D eigenvalue weighted by Crippen LogP contribution is -1.72. The second kappa shape index (κ2) is 2.96. The summed E-state index contributed by atoms with van der Waals surface area (Å²) in [5.41, 5.74) is 2.22. The number of aromatic nitrogens is 2. The Morgan fingerprint density at radius 2 is 2.21 bits per heavy atom. The third kappa shape index (κ3) is 1.14. The van der Waals surface area contributed by atoms with E-state index in [9.17, 15) is 0 Å². The highest BCUT2D eigenvalue weighted by Crippen LogP contribution is 2.24. The molecule has 0 saturated carbocycles. The van der Waals surface area contributed by atoms with Crippen molar-refractivity contribution in [2.24, 2.45) is 0 Å². The minimum absolute atomic E-state index is 0.987. The zero-order valence-electron chi connectivity index (χ0n) is 7.32. The van der Waals surface area contributed by atoms with Crippen LogP contribution in [0.15, 0.2) is 35.7 Å². The van der Waals surface area contributed by atoms with Crippen LogP contribution >= 0.6 is 11.3 Å². The molecule has 0 amide bonds. The second-order valence-electron chi connectivity index (χ2n) is 3.05. The third-order valence-electron chi connectivity index (χ3n) is 2.15. The van der Waals surface area contributed by atoms with Crippen LogP contribution in [0.3, 0.4) is 0 Å². The van der Waals surface area contributed by atoms with Crippen LogP contribution in [-0.4, -0.2) is 9.97 Å². The molecule has 2 nitrogen and oxygen atoms in total. The molecular weight excluding hydrogens is 192 g/mol. The van der Waals surface area contributed by atoms with Crippen molar-refractivity contribution in [3.8, 4) is 10.7 Å². The van der Waals surface area contributed by atoms with Crippen LogP contribution in [0.5, 0.6) is 0 Å². The number of H-pyrrole nitrogens is 1. The standard InChI is InChI=1S/C11H7N2S/c1-2-4-9-8(3-1)7-10(13-9)11-12-5-6-14-11/h1-4,6-7,13H. The molecule has 0 aliphatic heterocycles. The number of aromatic amines is 1. The van der Waals surface area contributed by atoms with Gasteiger partial charge in [-0.1, -0.05) is 18.2 Å². The van der Waals surface area contributed by atoms with E-state index in [1.807, 2.05) is 17.5 Å². The van der Waals surface area contributed by atoms with Crippen molar-refractivity contribution < 1.29 is 0 Å². The lowest BCUT2D eigenvalue weighted by Gasteiger charge is -1.86. The van der Waals surface area contributed by atoms with E-state index in [1.165, 1.54) is 5.39 Å². The van der Waals surface area contributed by atoms with Crippen molar-refractivity contribution >= 4 is 22.2 Å². The number of rotatable bonds is 1. The molecule has 14 heavy (non-hydrogen) atoms. The Kier molecular flexibility index (Phi) is 1.64. The van der Waals surface area contributed by atoms with E-state index >= 15 is 0 Å². The zero-order chi connectivity index (χ0) is 9.38. The van der Waals surface area contributed by atoms with Crippen LogP contribution in [0.4, 0.5) is 0 Å². The molecule has 0 saturated heterocycles. The summed E-state index contributed by atoms with van der Waals surface area (Å²) in [6.07, 6.45) is 2.82.